The molecule has 0 radical (unpaired) electrons. The molecule has 3 heterocycles. The SMILES string of the molecule is COc1cccc(-c2cc(C)c3c(cnn3C)n2)c1OCCN1CCOCC1. The minimum atomic E-state index is 0.585. The van der Waals surface area contributed by atoms with Gasteiger partial charge >= 0.3 is 0 Å². The Balaban J connectivity index is 1.63. The molecule has 0 amide bonds. The Hall–Kier alpha value is -2.64. The first kappa shape index (κ1) is 18.7. The molecule has 1 saturated heterocycles. The molecule has 0 spiro atoms. The van der Waals surface area contributed by atoms with E-state index in [4.69, 9.17) is 19.2 Å². The van der Waals surface area contributed by atoms with E-state index in [0.717, 1.165) is 66.5 Å². The van der Waals surface area contributed by atoms with Crippen LogP contribution in [0.4, 0.5) is 0 Å². The molecule has 7 nitrogen and oxygen atoms in total. The van der Waals surface area contributed by atoms with Gasteiger partial charge in [0.2, 0.25) is 0 Å². The van der Waals surface area contributed by atoms with Gasteiger partial charge in [-0.05, 0) is 30.7 Å². The van der Waals surface area contributed by atoms with Crippen molar-refractivity contribution in [1.29, 1.82) is 0 Å². The Labute approximate surface area is 164 Å². The first-order valence-electron chi connectivity index (χ1n) is 9.57. The molecule has 0 saturated carbocycles. The number of rotatable bonds is 6. The molecule has 1 fully saturated rings. The molecule has 1 aliphatic rings. The Morgan fingerprint density at radius 3 is 2.82 bits per heavy atom. The van der Waals surface area contributed by atoms with Gasteiger partial charge in [-0.1, -0.05) is 6.07 Å². The maximum Gasteiger partial charge on any atom is 0.170 e. The van der Waals surface area contributed by atoms with E-state index in [1.165, 1.54) is 0 Å². The Bertz CT molecular complexity index is 964. The van der Waals surface area contributed by atoms with Crippen LogP contribution < -0.4 is 9.47 Å². The summed E-state index contributed by atoms with van der Waals surface area (Å²) in [5.74, 6) is 1.44. The maximum absolute atomic E-state index is 6.21. The van der Waals surface area contributed by atoms with Crippen molar-refractivity contribution in [3.05, 3.63) is 36.0 Å². The summed E-state index contributed by atoms with van der Waals surface area (Å²) in [6, 6.07) is 7.99. The van der Waals surface area contributed by atoms with Gasteiger partial charge in [0.1, 0.15) is 12.1 Å². The van der Waals surface area contributed by atoms with E-state index in [1.807, 2.05) is 29.9 Å². The fraction of sp³-hybridized carbons (Fsp3) is 0.429. The highest BCUT2D eigenvalue weighted by atomic mass is 16.5. The lowest BCUT2D eigenvalue weighted by Crippen LogP contribution is -2.38. The van der Waals surface area contributed by atoms with E-state index in [0.29, 0.717) is 12.4 Å². The second kappa shape index (κ2) is 8.16. The molecule has 2 aromatic heterocycles. The van der Waals surface area contributed by atoms with Crippen LogP contribution in [0, 0.1) is 6.92 Å². The minimum absolute atomic E-state index is 0.585. The number of methoxy groups -OCH3 is 1. The standard InChI is InChI=1S/C21H26N4O3/c1-15-13-17(23-18-14-22-24(2)20(15)18)16-5-4-6-19(26-3)21(16)28-12-9-25-7-10-27-11-8-25/h4-6,13-14H,7-12H2,1-3H3. The third-order valence-electron chi connectivity index (χ3n) is 5.12. The monoisotopic (exact) mass is 382 g/mol. The van der Waals surface area contributed by atoms with Gasteiger partial charge in [-0.3, -0.25) is 9.58 Å². The van der Waals surface area contributed by atoms with Gasteiger partial charge in [-0.25, -0.2) is 4.98 Å². The van der Waals surface area contributed by atoms with Crippen LogP contribution >= 0.6 is 0 Å². The molecule has 7 heteroatoms. The number of nitrogens with zero attached hydrogens (tertiary/aromatic N) is 4. The van der Waals surface area contributed by atoms with E-state index in [1.54, 1.807) is 13.3 Å². The molecule has 3 aromatic rings. The molecular weight excluding hydrogens is 356 g/mol. The molecule has 148 valence electrons. The summed E-state index contributed by atoms with van der Waals surface area (Å²) < 4.78 is 19.0. The van der Waals surface area contributed by atoms with Crippen molar-refractivity contribution >= 4 is 11.0 Å². The van der Waals surface area contributed by atoms with Crippen molar-refractivity contribution in [2.75, 3.05) is 46.6 Å². The molecule has 1 aromatic carbocycles. The van der Waals surface area contributed by atoms with Crippen molar-refractivity contribution in [3.8, 4) is 22.8 Å². The van der Waals surface area contributed by atoms with Crippen LogP contribution in [0.15, 0.2) is 30.5 Å². The van der Waals surface area contributed by atoms with Gasteiger partial charge in [0.25, 0.3) is 0 Å². The van der Waals surface area contributed by atoms with E-state index in [2.05, 4.69) is 23.0 Å². The van der Waals surface area contributed by atoms with Crippen LogP contribution in [0.5, 0.6) is 11.5 Å². The molecule has 1 aliphatic heterocycles. The molecule has 0 N–H and O–H groups in total. The highest BCUT2D eigenvalue weighted by molar-refractivity contribution is 5.83. The van der Waals surface area contributed by atoms with E-state index in [9.17, 15) is 0 Å². The fourth-order valence-corrected chi connectivity index (χ4v) is 3.67. The van der Waals surface area contributed by atoms with Crippen LogP contribution in [-0.4, -0.2) is 66.2 Å². The lowest BCUT2D eigenvalue weighted by Gasteiger charge is -2.26. The highest BCUT2D eigenvalue weighted by Crippen LogP contribution is 2.38. The smallest absolute Gasteiger partial charge is 0.170 e. The second-order valence-corrected chi connectivity index (χ2v) is 6.97. The Morgan fingerprint density at radius 1 is 1.21 bits per heavy atom. The normalized spacial score (nSPS) is 15.1. The number of ether oxygens (including phenoxy) is 3. The number of benzene rings is 1. The first-order valence-corrected chi connectivity index (χ1v) is 9.57. The number of morpholine rings is 1. The zero-order valence-corrected chi connectivity index (χ0v) is 16.6. The number of fused-ring (bicyclic) bond motifs is 1. The summed E-state index contributed by atoms with van der Waals surface area (Å²) in [6.45, 7) is 6.98. The van der Waals surface area contributed by atoms with Crippen LogP contribution in [0.1, 0.15) is 5.56 Å². The van der Waals surface area contributed by atoms with Crippen molar-refractivity contribution in [2.24, 2.45) is 7.05 Å². The highest BCUT2D eigenvalue weighted by Gasteiger charge is 2.17. The lowest BCUT2D eigenvalue weighted by molar-refractivity contribution is 0.0321. The summed E-state index contributed by atoms with van der Waals surface area (Å²) in [6.07, 6.45) is 1.80. The summed E-state index contributed by atoms with van der Waals surface area (Å²) in [5.41, 5.74) is 4.83. The number of aromatic nitrogens is 3. The molecule has 4 rings (SSSR count). The molecule has 0 atom stereocenters. The summed E-state index contributed by atoms with van der Waals surface area (Å²) in [5, 5.41) is 4.33. The van der Waals surface area contributed by atoms with Crippen LogP contribution in [-0.2, 0) is 11.8 Å². The van der Waals surface area contributed by atoms with Crippen molar-refractivity contribution in [3.63, 3.8) is 0 Å². The van der Waals surface area contributed by atoms with Gasteiger partial charge in [-0.15, -0.1) is 0 Å². The Morgan fingerprint density at radius 2 is 2.04 bits per heavy atom. The summed E-state index contributed by atoms with van der Waals surface area (Å²) in [7, 11) is 3.60. The van der Waals surface area contributed by atoms with Gasteiger partial charge in [-0.2, -0.15) is 5.10 Å². The van der Waals surface area contributed by atoms with Crippen LogP contribution in [0.2, 0.25) is 0 Å². The number of hydrogen-bond acceptors (Lipinski definition) is 6. The predicted molar refractivity (Wildman–Crippen MR) is 108 cm³/mol. The number of pyridine rings is 1. The van der Waals surface area contributed by atoms with Gasteiger partial charge in [0, 0.05) is 32.2 Å². The van der Waals surface area contributed by atoms with E-state index in [-0.39, 0.29) is 0 Å². The molecule has 28 heavy (non-hydrogen) atoms. The Kier molecular flexibility index (Phi) is 5.45. The van der Waals surface area contributed by atoms with Crippen molar-refractivity contribution in [2.45, 2.75) is 6.92 Å². The lowest BCUT2D eigenvalue weighted by atomic mass is 10.1. The third-order valence-corrected chi connectivity index (χ3v) is 5.12. The maximum atomic E-state index is 6.21. The predicted octanol–water partition coefficient (Wildman–Crippen LogP) is 2.66. The number of hydrogen-bond donors (Lipinski definition) is 0. The average molecular weight is 382 g/mol. The summed E-state index contributed by atoms with van der Waals surface area (Å²) in [4.78, 5) is 7.17. The van der Waals surface area contributed by atoms with Crippen molar-refractivity contribution < 1.29 is 14.2 Å². The fourth-order valence-electron chi connectivity index (χ4n) is 3.67. The second-order valence-electron chi connectivity index (χ2n) is 6.97. The van der Waals surface area contributed by atoms with Crippen molar-refractivity contribution in [1.82, 2.24) is 19.7 Å². The number of para-hydroxylation sites is 1. The van der Waals surface area contributed by atoms with Gasteiger partial charge in [0.05, 0.1) is 37.7 Å². The molecule has 0 aliphatic carbocycles. The molecular formula is C21H26N4O3. The molecule has 0 bridgehead atoms. The minimum Gasteiger partial charge on any atom is -0.493 e. The zero-order valence-electron chi connectivity index (χ0n) is 16.6. The largest absolute Gasteiger partial charge is 0.493 e. The van der Waals surface area contributed by atoms with E-state index < -0.39 is 0 Å². The zero-order chi connectivity index (χ0) is 19.5. The summed E-state index contributed by atoms with van der Waals surface area (Å²) >= 11 is 0. The van der Waals surface area contributed by atoms with Crippen LogP contribution in [0.25, 0.3) is 22.3 Å². The van der Waals surface area contributed by atoms with Crippen LogP contribution in [0.3, 0.4) is 0 Å². The number of aryl methyl sites for hydroxylation is 2. The van der Waals surface area contributed by atoms with Gasteiger partial charge in [0.15, 0.2) is 11.5 Å². The van der Waals surface area contributed by atoms with Gasteiger partial charge < -0.3 is 14.2 Å². The third kappa shape index (κ3) is 3.68. The molecule has 0 unspecified atom stereocenters. The first-order chi connectivity index (χ1) is 13.7. The topological polar surface area (TPSA) is 61.6 Å². The van der Waals surface area contributed by atoms with E-state index >= 15 is 0 Å². The quantitative estimate of drug-likeness (QED) is 0.653. The average Bonchev–Trinajstić information content (AvgIpc) is 3.10.